The van der Waals surface area contributed by atoms with Gasteiger partial charge in [-0.05, 0) is 153 Å². The van der Waals surface area contributed by atoms with E-state index in [4.69, 9.17) is 39.3 Å². The minimum atomic E-state index is 0.754. The summed E-state index contributed by atoms with van der Waals surface area (Å²) in [6, 6.07) is 112. The molecule has 0 N–H and O–H groups in total. The van der Waals surface area contributed by atoms with Crippen molar-refractivity contribution in [1.82, 2.24) is 54.8 Å². The van der Waals surface area contributed by atoms with Gasteiger partial charge in [-0.25, -0.2) is 39.9 Å². The number of fused-ring (bicyclic) bond motifs is 15. The second kappa shape index (κ2) is 32.7. The van der Waals surface area contributed by atoms with Crippen molar-refractivity contribution in [3.63, 3.8) is 0 Å². The number of benzene rings is 12. The van der Waals surface area contributed by atoms with Crippen molar-refractivity contribution >= 4 is 148 Å². The summed E-state index contributed by atoms with van der Waals surface area (Å²) in [6.07, 6.45) is 11.0. The highest BCUT2D eigenvalue weighted by Gasteiger charge is 2.21. The molecule has 0 amide bonds. The van der Waals surface area contributed by atoms with Crippen molar-refractivity contribution < 1.29 is 4.42 Å². The topological polar surface area (TPSA) is 155 Å². The van der Waals surface area contributed by atoms with Gasteiger partial charge in [0.05, 0.1) is 45.6 Å². The molecule has 12 nitrogen and oxygen atoms in total. The van der Waals surface area contributed by atoms with Crippen LogP contribution in [0.3, 0.4) is 0 Å². The zero-order valence-electron chi connectivity index (χ0n) is 67.0. The Morgan fingerprint density at radius 3 is 1.06 bits per heavy atom. The van der Waals surface area contributed by atoms with Crippen LogP contribution in [0.25, 0.3) is 215 Å². The third kappa shape index (κ3) is 15.0. The molecular formula is C107H71N11OS4. The molecule has 0 radical (unpaired) electrons. The van der Waals surface area contributed by atoms with Gasteiger partial charge in [0, 0.05) is 173 Å². The summed E-state index contributed by atoms with van der Waals surface area (Å²) in [5.74, 6) is 3.05. The molecule has 12 heterocycles. The molecule has 12 aromatic heterocycles. The third-order valence-electron chi connectivity index (χ3n) is 22.1. The van der Waals surface area contributed by atoms with Crippen molar-refractivity contribution in [3.05, 3.63) is 382 Å². The van der Waals surface area contributed by atoms with E-state index in [1.165, 1.54) is 80.7 Å². The first kappa shape index (κ1) is 75.6. The normalized spacial score (nSPS) is 11.4. The molecule has 0 saturated heterocycles. The average Bonchev–Trinajstić information content (AvgIpc) is 1.56. The van der Waals surface area contributed by atoms with E-state index in [-0.39, 0.29) is 0 Å². The summed E-state index contributed by atoms with van der Waals surface area (Å²) >= 11 is 7.30. The number of aryl methyl sites for hydroxylation is 4. The van der Waals surface area contributed by atoms with Crippen molar-refractivity contribution in [1.29, 1.82) is 0 Å². The first-order valence-electron chi connectivity index (χ1n) is 40.5. The summed E-state index contributed by atoms with van der Waals surface area (Å²) in [5, 5.41) is 12.5. The van der Waals surface area contributed by atoms with Gasteiger partial charge in [-0.3, -0.25) is 15.0 Å². The van der Waals surface area contributed by atoms with Crippen LogP contribution in [0.2, 0.25) is 0 Å². The number of furan rings is 1. The molecule has 0 atom stereocenters. The van der Waals surface area contributed by atoms with E-state index in [9.17, 15) is 0 Å². The second-order valence-corrected chi connectivity index (χ2v) is 34.3. The maximum atomic E-state index is 6.11. The lowest BCUT2D eigenvalue weighted by Crippen LogP contribution is -1.95. The molecule has 0 fully saturated rings. The standard InChI is InChI=1S/C29H18N2OS.2C28H19N3S.C22H15N3S/c1-17-30-22(18-10-6-13-25-28(18)20-8-2-4-12-24(20)32-25)16-23(31-17)19-11-7-15-27-29(19)21-9-3-5-14-26(21)33-27;1-18-30-25(20-13-11-19(12-14-20)21-6-5-15-29-17-21)16-26(31-18)24-9-4-8-23-22-7-2-3-10-27(22)32-28(23)24;1-18-30-25(20-10-8-19(9-11-20)22-5-4-14-29-17-22)16-26(31-18)21-12-13-24-23-6-2-3-7-27(23)32-28(24)15-21;1-14-24-18(15-6-5-11-23-13-15)12-19(25-14)16-8-4-10-21-22(16)17-7-2-3-9-20(17)26-21/h2-16H,1H3;2*2-17H,1H3;2-13H,1H3. The number of thiophene rings is 4. The van der Waals surface area contributed by atoms with Gasteiger partial charge in [0.15, 0.2) is 0 Å². The average molecular weight is 1660 g/mol. The molecule has 584 valence electrons. The van der Waals surface area contributed by atoms with Gasteiger partial charge in [0.1, 0.15) is 34.5 Å². The zero-order chi connectivity index (χ0) is 82.4. The van der Waals surface area contributed by atoms with Crippen LogP contribution in [-0.4, -0.2) is 54.8 Å². The van der Waals surface area contributed by atoms with Crippen LogP contribution in [-0.2, 0) is 0 Å². The van der Waals surface area contributed by atoms with Crippen LogP contribution < -0.4 is 0 Å². The Morgan fingerprint density at radius 2 is 0.537 bits per heavy atom. The summed E-state index contributed by atoms with van der Waals surface area (Å²) in [6.45, 7) is 7.82. The fourth-order valence-corrected chi connectivity index (χ4v) is 21.1. The minimum absolute atomic E-state index is 0.754. The summed E-state index contributed by atoms with van der Waals surface area (Å²) in [5.41, 5.74) is 22.5. The highest BCUT2D eigenvalue weighted by Crippen LogP contribution is 2.46. The van der Waals surface area contributed by atoms with E-state index < -0.39 is 0 Å². The van der Waals surface area contributed by atoms with Crippen LogP contribution in [0, 0.1) is 27.7 Å². The van der Waals surface area contributed by atoms with Gasteiger partial charge < -0.3 is 4.42 Å². The second-order valence-electron chi connectivity index (χ2n) is 30.0. The van der Waals surface area contributed by atoms with Gasteiger partial charge >= 0.3 is 0 Å². The predicted molar refractivity (Wildman–Crippen MR) is 514 cm³/mol. The van der Waals surface area contributed by atoms with Crippen molar-refractivity contribution in [2.75, 3.05) is 0 Å². The minimum Gasteiger partial charge on any atom is -0.456 e. The summed E-state index contributed by atoms with van der Waals surface area (Å²) in [4.78, 5) is 50.7. The Morgan fingerprint density at radius 1 is 0.203 bits per heavy atom. The number of para-hydroxylation sites is 1. The first-order chi connectivity index (χ1) is 60.6. The van der Waals surface area contributed by atoms with Gasteiger partial charge in [-0.2, -0.15) is 0 Å². The molecular weight excluding hydrogens is 1580 g/mol. The Balaban J connectivity index is 0.000000101. The quantitative estimate of drug-likeness (QED) is 0.128. The Kier molecular flexibility index (Phi) is 20.1. The molecule has 16 heteroatoms. The third-order valence-corrected chi connectivity index (χ3v) is 26.7. The molecule has 24 aromatic rings. The Hall–Kier alpha value is -14.9. The highest BCUT2D eigenvalue weighted by molar-refractivity contribution is 7.27. The smallest absolute Gasteiger partial charge is 0.136 e. The van der Waals surface area contributed by atoms with Crippen LogP contribution >= 0.6 is 45.3 Å². The molecule has 0 aliphatic carbocycles. The van der Waals surface area contributed by atoms with Gasteiger partial charge in [0.25, 0.3) is 0 Å². The predicted octanol–water partition coefficient (Wildman–Crippen LogP) is 29.4. The molecule has 24 rings (SSSR count). The Bertz CT molecular complexity index is 8000. The fourth-order valence-electron chi connectivity index (χ4n) is 16.5. The zero-order valence-corrected chi connectivity index (χ0v) is 70.3. The number of aromatic nitrogens is 11. The highest BCUT2D eigenvalue weighted by atomic mass is 32.1. The molecule has 0 aliphatic rings. The number of hydrogen-bond acceptors (Lipinski definition) is 16. The van der Waals surface area contributed by atoms with Gasteiger partial charge in [-0.15, -0.1) is 45.3 Å². The molecule has 0 aliphatic heterocycles. The molecule has 0 bridgehead atoms. The number of pyridine rings is 3. The number of nitrogens with zero attached hydrogens (tertiary/aromatic N) is 11. The van der Waals surface area contributed by atoms with E-state index in [1.807, 2.05) is 146 Å². The lowest BCUT2D eigenvalue weighted by atomic mass is 10.00. The van der Waals surface area contributed by atoms with Crippen LogP contribution in [0.15, 0.2) is 363 Å². The van der Waals surface area contributed by atoms with E-state index in [1.54, 1.807) is 18.6 Å². The summed E-state index contributed by atoms with van der Waals surface area (Å²) in [7, 11) is 0. The van der Waals surface area contributed by atoms with E-state index in [0.29, 0.717) is 0 Å². The molecule has 0 unspecified atom stereocenters. The lowest BCUT2D eigenvalue weighted by Gasteiger charge is -2.09. The summed E-state index contributed by atoms with van der Waals surface area (Å²) < 4.78 is 16.4. The van der Waals surface area contributed by atoms with Crippen LogP contribution in [0.1, 0.15) is 23.3 Å². The van der Waals surface area contributed by atoms with E-state index in [0.717, 1.165) is 158 Å². The largest absolute Gasteiger partial charge is 0.456 e. The lowest BCUT2D eigenvalue weighted by molar-refractivity contribution is 0.669. The Labute approximate surface area is 723 Å². The van der Waals surface area contributed by atoms with Gasteiger partial charge in [-0.1, -0.05) is 218 Å². The fraction of sp³-hybridized carbons (Fsp3) is 0.0374. The molecule has 0 spiro atoms. The molecule has 123 heavy (non-hydrogen) atoms. The van der Waals surface area contributed by atoms with E-state index in [2.05, 4.69) is 287 Å². The number of rotatable bonds is 10. The van der Waals surface area contributed by atoms with Crippen molar-refractivity contribution in [3.8, 4) is 112 Å². The molecule has 0 saturated carbocycles. The number of hydrogen-bond donors (Lipinski definition) is 0. The van der Waals surface area contributed by atoms with Crippen LogP contribution in [0.5, 0.6) is 0 Å². The van der Waals surface area contributed by atoms with Gasteiger partial charge in [0.2, 0.25) is 0 Å². The maximum absolute atomic E-state index is 6.11. The van der Waals surface area contributed by atoms with E-state index >= 15 is 0 Å². The molecule has 12 aromatic carbocycles. The van der Waals surface area contributed by atoms with Crippen molar-refractivity contribution in [2.45, 2.75) is 27.7 Å². The maximum Gasteiger partial charge on any atom is 0.136 e. The monoisotopic (exact) mass is 1650 g/mol. The SMILES string of the molecule is Cc1nc(-c2ccc(-c3cccnc3)cc2)cc(-c2ccc3c(c2)sc2ccccc23)n1.Cc1nc(-c2ccc(-c3cccnc3)cc2)cc(-c2cccc3c2sc2ccccc23)n1.Cc1nc(-c2cccc3oc4ccccc4c23)cc(-c2cccc3sc4ccccc4c23)n1.Cc1nc(-c2cccnc2)cc(-c2cccc3sc4ccccc4c23)n1. The van der Waals surface area contributed by atoms with Crippen molar-refractivity contribution in [2.24, 2.45) is 0 Å². The first-order valence-corrected chi connectivity index (χ1v) is 43.7. The van der Waals surface area contributed by atoms with Crippen LogP contribution in [0.4, 0.5) is 0 Å².